The van der Waals surface area contributed by atoms with E-state index >= 15 is 0 Å². The maximum atomic E-state index is 11.7. The smallest absolute Gasteiger partial charge is 0.251 e. The first-order valence-corrected chi connectivity index (χ1v) is 7.56. The van der Waals surface area contributed by atoms with Gasteiger partial charge < -0.3 is 10.3 Å². The van der Waals surface area contributed by atoms with Crippen molar-refractivity contribution in [2.45, 2.75) is 31.8 Å². The van der Waals surface area contributed by atoms with Crippen LogP contribution in [-0.2, 0) is 13.0 Å². The molecule has 1 aliphatic rings. The Morgan fingerprint density at radius 3 is 2.90 bits per heavy atom. The van der Waals surface area contributed by atoms with Gasteiger partial charge in [0.25, 0.3) is 5.56 Å². The number of benzene rings is 1. The highest BCUT2D eigenvalue weighted by atomic mass is 79.9. The van der Waals surface area contributed by atoms with Crippen molar-refractivity contribution in [2.24, 2.45) is 0 Å². The lowest BCUT2D eigenvalue weighted by Crippen LogP contribution is -2.20. The van der Waals surface area contributed by atoms with E-state index in [2.05, 4.69) is 31.2 Å². The summed E-state index contributed by atoms with van der Waals surface area (Å²) in [6, 6.07) is 10.2. The highest BCUT2D eigenvalue weighted by Crippen LogP contribution is 2.19. The number of aromatic nitrogens is 2. The van der Waals surface area contributed by atoms with Gasteiger partial charge in [-0.15, -0.1) is 0 Å². The van der Waals surface area contributed by atoms with Crippen LogP contribution < -0.4 is 10.9 Å². The molecule has 5 heteroatoms. The Kier molecular flexibility index (Phi) is 3.98. The van der Waals surface area contributed by atoms with E-state index in [9.17, 15) is 4.79 Å². The van der Waals surface area contributed by atoms with Crippen molar-refractivity contribution in [1.82, 2.24) is 15.3 Å². The molecule has 104 valence electrons. The van der Waals surface area contributed by atoms with Crippen molar-refractivity contribution < 1.29 is 0 Å². The number of rotatable bonds is 5. The number of nitrogens with zero attached hydrogens (tertiary/aromatic N) is 1. The van der Waals surface area contributed by atoms with Gasteiger partial charge in [-0.1, -0.05) is 34.1 Å². The number of H-pyrrole nitrogens is 1. The highest BCUT2D eigenvalue weighted by Gasteiger charge is 2.20. The first-order valence-electron chi connectivity index (χ1n) is 6.76. The molecule has 3 rings (SSSR count). The van der Waals surface area contributed by atoms with Crippen LogP contribution in [0.25, 0.3) is 0 Å². The molecule has 1 saturated carbocycles. The predicted molar refractivity (Wildman–Crippen MR) is 81.7 cm³/mol. The van der Waals surface area contributed by atoms with Gasteiger partial charge in [-0.05, 0) is 24.5 Å². The summed E-state index contributed by atoms with van der Waals surface area (Å²) in [5.41, 5.74) is 1.83. The van der Waals surface area contributed by atoms with E-state index in [1.165, 1.54) is 12.8 Å². The second-order valence-electron chi connectivity index (χ2n) is 5.11. The Morgan fingerprint density at radius 2 is 2.15 bits per heavy atom. The largest absolute Gasteiger partial charge is 0.310 e. The van der Waals surface area contributed by atoms with E-state index in [1.807, 2.05) is 24.3 Å². The van der Waals surface area contributed by atoms with Crippen LogP contribution in [0.1, 0.15) is 29.9 Å². The van der Waals surface area contributed by atoms with Crippen molar-refractivity contribution in [3.63, 3.8) is 0 Å². The number of hydrogen-bond donors (Lipinski definition) is 2. The fourth-order valence-corrected chi connectivity index (χ4v) is 2.52. The molecule has 1 aromatic heterocycles. The summed E-state index contributed by atoms with van der Waals surface area (Å²) in [6.07, 6.45) is 3.08. The van der Waals surface area contributed by atoms with Crippen molar-refractivity contribution in [3.05, 3.63) is 62.2 Å². The van der Waals surface area contributed by atoms with Gasteiger partial charge in [-0.25, -0.2) is 4.98 Å². The molecule has 20 heavy (non-hydrogen) atoms. The van der Waals surface area contributed by atoms with Crippen molar-refractivity contribution in [3.8, 4) is 0 Å². The lowest BCUT2D eigenvalue weighted by atomic mass is 10.1. The second-order valence-corrected chi connectivity index (χ2v) is 5.96. The zero-order chi connectivity index (χ0) is 13.9. The third-order valence-corrected chi connectivity index (χ3v) is 4.08. The molecule has 4 nitrogen and oxygen atoms in total. The van der Waals surface area contributed by atoms with Crippen molar-refractivity contribution in [1.29, 1.82) is 0 Å². The number of aromatic amines is 1. The third kappa shape index (κ3) is 3.55. The van der Waals surface area contributed by atoms with Crippen molar-refractivity contribution in [2.75, 3.05) is 0 Å². The molecule has 0 radical (unpaired) electrons. The molecule has 0 spiro atoms. The fourth-order valence-electron chi connectivity index (χ4n) is 2.10. The molecule has 1 aliphatic carbocycles. The topological polar surface area (TPSA) is 57.8 Å². The summed E-state index contributed by atoms with van der Waals surface area (Å²) in [4.78, 5) is 19.1. The summed E-state index contributed by atoms with van der Waals surface area (Å²) >= 11 is 3.52. The third-order valence-electron chi connectivity index (χ3n) is 3.31. The zero-order valence-electron chi connectivity index (χ0n) is 11.0. The summed E-state index contributed by atoms with van der Waals surface area (Å²) in [5.74, 6) is 0.706. The molecule has 0 amide bonds. The van der Waals surface area contributed by atoms with Gasteiger partial charge in [0.15, 0.2) is 0 Å². The molecule has 0 saturated heterocycles. The van der Waals surface area contributed by atoms with Gasteiger partial charge >= 0.3 is 0 Å². The van der Waals surface area contributed by atoms with E-state index in [0.717, 1.165) is 15.7 Å². The van der Waals surface area contributed by atoms with Crippen LogP contribution in [0.2, 0.25) is 0 Å². The van der Waals surface area contributed by atoms with Gasteiger partial charge in [0.1, 0.15) is 5.82 Å². The van der Waals surface area contributed by atoms with Gasteiger partial charge in [0.2, 0.25) is 0 Å². The standard InChI is InChI=1S/C15H16BrN3O/c16-13-4-2-1-3-10(13)7-14-18-12(8-15(20)19-14)9-17-11-5-6-11/h1-4,8,11,17H,5-7,9H2,(H,18,19,20). The summed E-state index contributed by atoms with van der Waals surface area (Å²) in [7, 11) is 0. The molecule has 0 aliphatic heterocycles. The van der Waals surface area contributed by atoms with Gasteiger partial charge in [0.05, 0.1) is 5.69 Å². The summed E-state index contributed by atoms with van der Waals surface area (Å²) < 4.78 is 1.03. The Hall–Kier alpha value is -1.46. The molecule has 1 heterocycles. The molecule has 0 unspecified atom stereocenters. The SMILES string of the molecule is O=c1cc(CNC2CC2)nc(Cc2ccccc2Br)[nH]1. The van der Waals surface area contributed by atoms with Crippen LogP contribution in [0.3, 0.4) is 0 Å². The monoisotopic (exact) mass is 333 g/mol. The predicted octanol–water partition coefficient (Wildman–Crippen LogP) is 2.38. The fraction of sp³-hybridized carbons (Fsp3) is 0.333. The lowest BCUT2D eigenvalue weighted by molar-refractivity contribution is 0.667. The first-order chi connectivity index (χ1) is 9.70. The van der Waals surface area contributed by atoms with E-state index in [4.69, 9.17) is 0 Å². The molecule has 1 aromatic carbocycles. The average Bonchev–Trinajstić information content (AvgIpc) is 3.23. The molecular formula is C15H16BrN3O. The van der Waals surface area contributed by atoms with Gasteiger partial charge in [-0.2, -0.15) is 0 Å². The Balaban J connectivity index is 1.78. The minimum Gasteiger partial charge on any atom is -0.310 e. The highest BCUT2D eigenvalue weighted by molar-refractivity contribution is 9.10. The van der Waals surface area contributed by atoms with E-state index < -0.39 is 0 Å². The molecule has 0 atom stereocenters. The summed E-state index contributed by atoms with van der Waals surface area (Å²) in [6.45, 7) is 0.664. The van der Waals surface area contributed by atoms with E-state index in [1.54, 1.807) is 6.07 Å². The number of halogens is 1. The Morgan fingerprint density at radius 1 is 1.35 bits per heavy atom. The summed E-state index contributed by atoms with van der Waals surface area (Å²) in [5, 5.41) is 3.38. The second kappa shape index (κ2) is 5.89. The van der Waals surface area contributed by atoms with Crippen molar-refractivity contribution >= 4 is 15.9 Å². The maximum absolute atomic E-state index is 11.7. The van der Waals surface area contributed by atoms with Crippen LogP contribution in [-0.4, -0.2) is 16.0 Å². The van der Waals surface area contributed by atoms with Crippen LogP contribution in [0.15, 0.2) is 39.6 Å². The quantitative estimate of drug-likeness (QED) is 0.883. The van der Waals surface area contributed by atoms with Crippen LogP contribution in [0.4, 0.5) is 0 Å². The minimum atomic E-state index is -0.0883. The molecule has 2 aromatic rings. The lowest BCUT2D eigenvalue weighted by Gasteiger charge is -2.06. The Labute approximate surface area is 125 Å². The first kappa shape index (κ1) is 13.5. The normalized spacial score (nSPS) is 14.4. The van der Waals surface area contributed by atoms with Crippen LogP contribution >= 0.6 is 15.9 Å². The van der Waals surface area contributed by atoms with Crippen LogP contribution in [0.5, 0.6) is 0 Å². The maximum Gasteiger partial charge on any atom is 0.251 e. The number of nitrogens with one attached hydrogen (secondary N) is 2. The average molecular weight is 334 g/mol. The zero-order valence-corrected chi connectivity index (χ0v) is 12.6. The van der Waals surface area contributed by atoms with Gasteiger partial charge in [0, 0.05) is 29.5 Å². The number of hydrogen-bond acceptors (Lipinski definition) is 3. The molecule has 2 N–H and O–H groups in total. The van der Waals surface area contributed by atoms with Gasteiger partial charge in [-0.3, -0.25) is 4.79 Å². The van der Waals surface area contributed by atoms with E-state index in [0.29, 0.717) is 24.8 Å². The van der Waals surface area contributed by atoms with E-state index in [-0.39, 0.29) is 5.56 Å². The molecular weight excluding hydrogens is 318 g/mol. The van der Waals surface area contributed by atoms with Crippen LogP contribution in [0, 0.1) is 0 Å². The molecule has 0 bridgehead atoms. The Bertz CT molecular complexity index is 664. The minimum absolute atomic E-state index is 0.0883. The molecule has 1 fully saturated rings.